The van der Waals surface area contributed by atoms with Crippen molar-refractivity contribution in [3.05, 3.63) is 88.4 Å². The van der Waals surface area contributed by atoms with Gasteiger partial charge in [-0.3, -0.25) is 4.79 Å². The van der Waals surface area contributed by atoms with Crippen LogP contribution in [0.1, 0.15) is 43.4 Å². The maximum atomic E-state index is 12.9. The van der Waals surface area contributed by atoms with Crippen molar-refractivity contribution in [2.45, 2.75) is 50.4 Å². The Morgan fingerprint density at radius 1 is 1.03 bits per heavy atom. The highest BCUT2D eigenvalue weighted by molar-refractivity contribution is 7.98. The van der Waals surface area contributed by atoms with Crippen molar-refractivity contribution in [3.63, 3.8) is 0 Å². The number of amides is 1. The number of rotatable bonds is 8. The number of nitrogens with one attached hydrogen (secondary N) is 1. The van der Waals surface area contributed by atoms with E-state index in [1.165, 1.54) is 5.56 Å². The number of halogens is 1. The van der Waals surface area contributed by atoms with E-state index >= 15 is 0 Å². The Hall–Kier alpha value is -2.43. The zero-order valence-electron chi connectivity index (χ0n) is 18.3. The molecule has 0 spiro atoms. The lowest BCUT2D eigenvalue weighted by Crippen LogP contribution is -2.30. The molecule has 3 aromatic carbocycles. The molecule has 31 heavy (non-hydrogen) atoms. The van der Waals surface area contributed by atoms with Gasteiger partial charge in [0.15, 0.2) is 6.10 Å². The molecule has 3 nitrogen and oxygen atoms in total. The largest absolute Gasteiger partial charge is 0.481 e. The average Bonchev–Trinajstić information content (AvgIpc) is 2.74. The van der Waals surface area contributed by atoms with Gasteiger partial charge in [-0.25, -0.2) is 0 Å². The number of thioether (sulfide) groups is 1. The summed E-state index contributed by atoms with van der Waals surface area (Å²) in [6.07, 6.45) is -0.617. The first-order valence-electron chi connectivity index (χ1n) is 10.4. The number of hydrogen-bond donors (Lipinski definition) is 1. The SMILES string of the molecule is Cc1ccc(C(C)C)c(O[C@H](C)C(=O)Nc2ccccc2SCc2ccc(Cl)cc2)c1. The topological polar surface area (TPSA) is 38.3 Å². The summed E-state index contributed by atoms with van der Waals surface area (Å²) in [6, 6.07) is 21.8. The standard InChI is InChI=1S/C26H28ClNO2S/c1-17(2)22-14-9-18(3)15-24(22)30-19(4)26(29)28-23-7-5-6-8-25(23)31-16-20-10-12-21(27)13-11-20/h5-15,17,19H,16H2,1-4H3,(H,28,29)/t19-/m1/s1. The van der Waals surface area contributed by atoms with Gasteiger partial charge >= 0.3 is 0 Å². The molecule has 3 rings (SSSR count). The number of carbonyl (C=O) groups excluding carboxylic acids is 1. The fourth-order valence-corrected chi connectivity index (χ4v) is 4.23. The minimum atomic E-state index is -0.617. The third-order valence-electron chi connectivity index (χ3n) is 4.92. The van der Waals surface area contributed by atoms with Gasteiger partial charge in [0.2, 0.25) is 0 Å². The van der Waals surface area contributed by atoms with E-state index in [2.05, 4.69) is 31.3 Å². The second-order valence-electron chi connectivity index (χ2n) is 7.86. The predicted molar refractivity (Wildman–Crippen MR) is 131 cm³/mol. The van der Waals surface area contributed by atoms with Crippen molar-refractivity contribution < 1.29 is 9.53 Å². The molecule has 0 aromatic heterocycles. The van der Waals surface area contributed by atoms with Gasteiger partial charge in [0, 0.05) is 15.7 Å². The van der Waals surface area contributed by atoms with E-state index in [4.69, 9.17) is 16.3 Å². The van der Waals surface area contributed by atoms with Crippen LogP contribution in [0.15, 0.2) is 71.6 Å². The third-order valence-corrected chi connectivity index (χ3v) is 6.31. The molecule has 0 aliphatic rings. The van der Waals surface area contributed by atoms with Crippen LogP contribution in [0.5, 0.6) is 5.75 Å². The van der Waals surface area contributed by atoms with Crippen LogP contribution in [-0.4, -0.2) is 12.0 Å². The number of aryl methyl sites for hydroxylation is 1. The van der Waals surface area contributed by atoms with Crippen molar-refractivity contribution in [2.75, 3.05) is 5.32 Å². The first kappa shape index (κ1) is 23.2. The van der Waals surface area contributed by atoms with Crippen LogP contribution in [0.3, 0.4) is 0 Å². The summed E-state index contributed by atoms with van der Waals surface area (Å²) in [4.78, 5) is 13.9. The molecule has 0 saturated heterocycles. The summed E-state index contributed by atoms with van der Waals surface area (Å²) in [7, 11) is 0. The molecule has 0 fully saturated rings. The molecule has 0 heterocycles. The molecule has 3 aromatic rings. The fraction of sp³-hybridized carbons (Fsp3) is 0.269. The number of benzene rings is 3. The normalized spacial score (nSPS) is 11.9. The second kappa shape index (κ2) is 10.7. The summed E-state index contributed by atoms with van der Waals surface area (Å²) >= 11 is 7.64. The highest BCUT2D eigenvalue weighted by atomic mass is 35.5. The Morgan fingerprint density at radius 3 is 2.45 bits per heavy atom. The number of carbonyl (C=O) groups is 1. The molecule has 0 bridgehead atoms. The molecule has 5 heteroatoms. The molecular weight excluding hydrogens is 426 g/mol. The summed E-state index contributed by atoms with van der Waals surface area (Å²) in [5.74, 6) is 1.70. The van der Waals surface area contributed by atoms with E-state index in [1.54, 1.807) is 18.7 Å². The van der Waals surface area contributed by atoms with Crippen LogP contribution in [0.4, 0.5) is 5.69 Å². The van der Waals surface area contributed by atoms with Gasteiger partial charge in [0.05, 0.1) is 5.69 Å². The Kier molecular flexibility index (Phi) is 8.05. The Labute approximate surface area is 194 Å². The Morgan fingerprint density at radius 2 is 1.74 bits per heavy atom. The van der Waals surface area contributed by atoms with Crippen LogP contribution in [-0.2, 0) is 10.5 Å². The fourth-order valence-electron chi connectivity index (χ4n) is 3.14. The molecule has 0 aliphatic carbocycles. The van der Waals surface area contributed by atoms with Gasteiger partial charge in [-0.05, 0) is 66.8 Å². The van der Waals surface area contributed by atoms with Crippen LogP contribution in [0, 0.1) is 6.92 Å². The van der Waals surface area contributed by atoms with Gasteiger partial charge in [-0.15, -0.1) is 11.8 Å². The number of hydrogen-bond acceptors (Lipinski definition) is 3. The highest BCUT2D eigenvalue weighted by Gasteiger charge is 2.19. The van der Waals surface area contributed by atoms with E-state index in [0.29, 0.717) is 5.92 Å². The summed E-state index contributed by atoms with van der Waals surface area (Å²) < 4.78 is 6.07. The van der Waals surface area contributed by atoms with E-state index in [9.17, 15) is 4.79 Å². The van der Waals surface area contributed by atoms with Crippen molar-refractivity contribution in [1.29, 1.82) is 0 Å². The van der Waals surface area contributed by atoms with E-state index in [0.717, 1.165) is 38.2 Å². The van der Waals surface area contributed by atoms with Gasteiger partial charge in [0.1, 0.15) is 5.75 Å². The minimum absolute atomic E-state index is 0.171. The molecule has 1 atom stereocenters. The van der Waals surface area contributed by atoms with E-state index in [1.807, 2.05) is 61.5 Å². The van der Waals surface area contributed by atoms with Gasteiger partial charge in [-0.2, -0.15) is 0 Å². The zero-order chi connectivity index (χ0) is 22.4. The molecular formula is C26H28ClNO2S. The van der Waals surface area contributed by atoms with Gasteiger partial charge in [0.25, 0.3) is 5.91 Å². The number of anilines is 1. The van der Waals surface area contributed by atoms with Crippen molar-refractivity contribution >= 4 is 35.0 Å². The van der Waals surface area contributed by atoms with Crippen LogP contribution in [0.25, 0.3) is 0 Å². The Bertz CT molecular complexity index is 1030. The maximum Gasteiger partial charge on any atom is 0.265 e. The quantitative estimate of drug-likeness (QED) is 0.359. The second-order valence-corrected chi connectivity index (χ2v) is 9.31. The molecule has 0 unspecified atom stereocenters. The molecule has 0 aliphatic heterocycles. The molecule has 1 amide bonds. The van der Waals surface area contributed by atoms with Crippen molar-refractivity contribution in [3.8, 4) is 5.75 Å². The van der Waals surface area contributed by atoms with E-state index < -0.39 is 6.10 Å². The zero-order valence-corrected chi connectivity index (χ0v) is 19.9. The van der Waals surface area contributed by atoms with Crippen LogP contribution < -0.4 is 10.1 Å². The first-order valence-corrected chi connectivity index (χ1v) is 11.7. The maximum absolute atomic E-state index is 12.9. The highest BCUT2D eigenvalue weighted by Crippen LogP contribution is 2.31. The third kappa shape index (κ3) is 6.52. The van der Waals surface area contributed by atoms with Crippen molar-refractivity contribution in [2.24, 2.45) is 0 Å². The first-order chi connectivity index (χ1) is 14.8. The number of para-hydroxylation sites is 1. The molecule has 0 saturated carbocycles. The summed E-state index contributed by atoms with van der Waals surface area (Å²) in [6.45, 7) is 8.05. The Balaban J connectivity index is 1.68. The summed E-state index contributed by atoms with van der Waals surface area (Å²) in [5.41, 5.74) is 4.17. The minimum Gasteiger partial charge on any atom is -0.481 e. The lowest BCUT2D eigenvalue weighted by atomic mass is 10.0. The number of ether oxygens (including phenoxy) is 1. The van der Waals surface area contributed by atoms with Crippen LogP contribution >= 0.6 is 23.4 Å². The van der Waals surface area contributed by atoms with E-state index in [-0.39, 0.29) is 5.91 Å². The lowest BCUT2D eigenvalue weighted by molar-refractivity contribution is -0.122. The van der Waals surface area contributed by atoms with Crippen LogP contribution in [0.2, 0.25) is 5.02 Å². The lowest BCUT2D eigenvalue weighted by Gasteiger charge is -2.20. The van der Waals surface area contributed by atoms with Gasteiger partial charge in [-0.1, -0.05) is 61.8 Å². The summed E-state index contributed by atoms with van der Waals surface area (Å²) in [5, 5.41) is 3.76. The molecule has 0 radical (unpaired) electrons. The molecule has 162 valence electrons. The predicted octanol–water partition coefficient (Wildman–Crippen LogP) is 7.47. The smallest absolute Gasteiger partial charge is 0.265 e. The van der Waals surface area contributed by atoms with Gasteiger partial charge < -0.3 is 10.1 Å². The molecule has 1 N–H and O–H groups in total. The average molecular weight is 454 g/mol. The monoisotopic (exact) mass is 453 g/mol. The van der Waals surface area contributed by atoms with Crippen molar-refractivity contribution in [1.82, 2.24) is 0 Å².